The van der Waals surface area contributed by atoms with Gasteiger partial charge in [0.05, 0.1) is 0 Å². The van der Waals surface area contributed by atoms with E-state index in [1.54, 1.807) is 4.90 Å². The molecule has 3 aliphatic heterocycles. The highest BCUT2D eigenvalue weighted by Gasteiger charge is 2.33. The minimum atomic E-state index is -0.858. The Bertz CT molecular complexity index is 1190. The minimum absolute atomic E-state index is 0.0144. The topological polar surface area (TPSA) is 261 Å². The zero-order chi connectivity index (χ0) is 48.5. The van der Waals surface area contributed by atoms with Gasteiger partial charge in [-0.2, -0.15) is 0 Å². The number of amides is 5. The summed E-state index contributed by atoms with van der Waals surface area (Å²) in [5.74, 6) is -0.496. The summed E-state index contributed by atoms with van der Waals surface area (Å²) in [7, 11) is 0. The van der Waals surface area contributed by atoms with Gasteiger partial charge in [-0.15, -0.1) is 0 Å². The molecule has 3 aliphatic rings. The number of aliphatic carboxylic acids is 1. The van der Waals surface area contributed by atoms with E-state index < -0.39 is 12.0 Å². The number of nitrogens with two attached hydrogens (primary N) is 4. The maximum atomic E-state index is 12.3. The third-order valence-electron chi connectivity index (χ3n) is 12.1. The zero-order valence-corrected chi connectivity index (χ0v) is 41.4. The second kappa shape index (κ2) is 42.0. The van der Waals surface area contributed by atoms with Gasteiger partial charge in [0.15, 0.2) is 0 Å². The van der Waals surface area contributed by atoms with Gasteiger partial charge < -0.3 is 53.4 Å². The van der Waals surface area contributed by atoms with Gasteiger partial charge in [-0.3, -0.25) is 24.0 Å². The third kappa shape index (κ3) is 29.1. The molecule has 16 nitrogen and oxygen atoms in total. The van der Waals surface area contributed by atoms with Crippen LogP contribution < -0.4 is 33.6 Å². The number of piperidine rings is 3. The molecule has 0 radical (unpaired) electrons. The number of hydrogen-bond acceptors (Lipinski definition) is 10. The van der Waals surface area contributed by atoms with Crippen LogP contribution in [0, 0.1) is 0 Å². The number of nitrogens with one attached hydrogen (secondary N) is 2. The second-order valence-corrected chi connectivity index (χ2v) is 17.7. The van der Waals surface area contributed by atoms with Crippen LogP contribution in [0.1, 0.15) is 201 Å². The SMILES string of the molecule is CCCCCC(=O)N1CCCC[C@@H]1C(=O)NCCCCCN.CCCCCC(=O)N1CCCC[C@@H]1C(=O)O.CCCCCC(=O)N1CCCC[C@H]1C(=O)NCCCCCN.NCCCN. The van der Waals surface area contributed by atoms with Crippen LogP contribution in [0.4, 0.5) is 0 Å². The maximum absolute atomic E-state index is 12.3. The maximum Gasteiger partial charge on any atom is 0.326 e. The Morgan fingerprint density at radius 2 is 0.754 bits per heavy atom. The lowest BCUT2D eigenvalue weighted by Gasteiger charge is -2.35. The first-order valence-corrected chi connectivity index (χ1v) is 26.0. The van der Waals surface area contributed by atoms with Crippen molar-refractivity contribution < 1.29 is 33.9 Å². The van der Waals surface area contributed by atoms with E-state index in [-0.39, 0.29) is 41.6 Å². The van der Waals surface area contributed by atoms with Crippen molar-refractivity contribution in [2.24, 2.45) is 22.9 Å². The van der Waals surface area contributed by atoms with Crippen LogP contribution >= 0.6 is 0 Å². The zero-order valence-electron chi connectivity index (χ0n) is 41.4. The van der Waals surface area contributed by atoms with Crippen LogP contribution in [-0.2, 0) is 28.8 Å². The molecule has 0 aliphatic carbocycles. The minimum Gasteiger partial charge on any atom is -0.480 e. The Labute approximate surface area is 394 Å². The normalized spacial score (nSPS) is 18.1. The van der Waals surface area contributed by atoms with Gasteiger partial charge in [0.1, 0.15) is 18.1 Å². The van der Waals surface area contributed by atoms with E-state index in [2.05, 4.69) is 31.4 Å². The Morgan fingerprint density at radius 1 is 0.431 bits per heavy atom. The quantitative estimate of drug-likeness (QED) is 0.0491. The smallest absolute Gasteiger partial charge is 0.326 e. The summed E-state index contributed by atoms with van der Waals surface area (Å²) in [6, 6.07) is -1.09. The van der Waals surface area contributed by atoms with Crippen molar-refractivity contribution in [1.82, 2.24) is 25.3 Å². The number of nitrogens with zero attached hydrogens (tertiary/aromatic N) is 3. The summed E-state index contributed by atoms with van der Waals surface area (Å²) in [6.45, 7) is 12.7. The van der Waals surface area contributed by atoms with Gasteiger partial charge in [-0.1, -0.05) is 72.1 Å². The van der Waals surface area contributed by atoms with Gasteiger partial charge in [-0.05, 0) is 135 Å². The number of carbonyl (C=O) groups is 6. The van der Waals surface area contributed by atoms with Crippen molar-refractivity contribution in [3.8, 4) is 0 Å². The molecule has 3 fully saturated rings. The molecular formula is C49H97N9O7. The standard InChI is InChI=1S/2C17H33N3O2.C12H21NO3.C3H10N2/c2*1-2-3-5-11-16(21)20-14-9-6-10-15(20)17(22)19-13-8-4-7-12-18;1-2-3-4-8-11(14)13-9-6-5-7-10(13)12(15)16;4-2-1-3-5/h2*15H,2-14,18H2,1H3,(H,19,22);10H,2-9H2,1H3,(H,15,16);1-5H2/t2*15-;10-;/m101./s1. The summed E-state index contributed by atoms with van der Waals surface area (Å²) < 4.78 is 0. The van der Waals surface area contributed by atoms with Crippen molar-refractivity contribution in [2.45, 2.75) is 219 Å². The molecule has 0 aromatic rings. The molecular weight excluding hydrogens is 827 g/mol. The van der Waals surface area contributed by atoms with Gasteiger partial charge in [0, 0.05) is 52.0 Å². The first-order chi connectivity index (χ1) is 31.5. The van der Waals surface area contributed by atoms with E-state index in [0.717, 1.165) is 180 Å². The summed E-state index contributed by atoms with van der Waals surface area (Å²) >= 11 is 0. The highest BCUT2D eigenvalue weighted by molar-refractivity contribution is 5.88. The highest BCUT2D eigenvalue weighted by atomic mass is 16.4. The van der Waals surface area contributed by atoms with E-state index >= 15 is 0 Å². The second-order valence-electron chi connectivity index (χ2n) is 17.7. The van der Waals surface area contributed by atoms with Crippen molar-refractivity contribution in [3.05, 3.63) is 0 Å². The highest BCUT2D eigenvalue weighted by Crippen LogP contribution is 2.21. The fourth-order valence-corrected chi connectivity index (χ4v) is 8.17. The average molecular weight is 924 g/mol. The van der Waals surface area contributed by atoms with E-state index in [0.29, 0.717) is 58.4 Å². The van der Waals surface area contributed by atoms with Crippen LogP contribution in [0.3, 0.4) is 0 Å². The van der Waals surface area contributed by atoms with Crippen LogP contribution in [0.25, 0.3) is 0 Å². The van der Waals surface area contributed by atoms with Crippen molar-refractivity contribution in [1.29, 1.82) is 0 Å². The number of carboxylic acid groups (broad SMARTS) is 1. The molecule has 3 rings (SSSR count). The molecule has 0 unspecified atom stereocenters. The number of hydrogen-bond donors (Lipinski definition) is 7. The van der Waals surface area contributed by atoms with Crippen LogP contribution in [0.15, 0.2) is 0 Å². The molecule has 0 saturated carbocycles. The van der Waals surface area contributed by atoms with E-state index in [9.17, 15) is 28.8 Å². The van der Waals surface area contributed by atoms with Crippen LogP contribution in [0.5, 0.6) is 0 Å². The predicted octanol–water partition coefficient (Wildman–Crippen LogP) is 5.71. The van der Waals surface area contributed by atoms with Crippen LogP contribution in [-0.4, -0.2) is 132 Å². The summed E-state index contributed by atoms with van der Waals surface area (Å²) in [4.78, 5) is 77.4. The molecule has 65 heavy (non-hydrogen) atoms. The summed E-state index contributed by atoms with van der Waals surface area (Å²) in [5, 5.41) is 15.0. The summed E-state index contributed by atoms with van der Waals surface area (Å²) in [6.07, 6.45) is 26.0. The Morgan fingerprint density at radius 3 is 1.05 bits per heavy atom. The van der Waals surface area contributed by atoms with Gasteiger partial charge >= 0.3 is 5.97 Å². The fraction of sp³-hybridized carbons (Fsp3) is 0.878. The van der Waals surface area contributed by atoms with Gasteiger partial charge in [0.2, 0.25) is 29.5 Å². The van der Waals surface area contributed by atoms with E-state index in [1.165, 1.54) is 0 Å². The largest absolute Gasteiger partial charge is 0.480 e. The fourth-order valence-electron chi connectivity index (χ4n) is 8.17. The monoisotopic (exact) mass is 924 g/mol. The lowest BCUT2D eigenvalue weighted by atomic mass is 10.00. The lowest BCUT2D eigenvalue weighted by Crippen LogP contribution is -2.52. The average Bonchev–Trinajstić information content (AvgIpc) is 3.32. The molecule has 11 N–H and O–H groups in total. The molecule has 3 saturated heterocycles. The van der Waals surface area contributed by atoms with Crippen molar-refractivity contribution in [2.75, 3.05) is 58.9 Å². The van der Waals surface area contributed by atoms with Gasteiger partial charge in [-0.25, -0.2) is 4.79 Å². The molecule has 16 heteroatoms. The van der Waals surface area contributed by atoms with E-state index in [1.807, 2.05) is 9.80 Å². The van der Waals surface area contributed by atoms with Crippen molar-refractivity contribution >= 4 is 35.5 Å². The molecule has 380 valence electrons. The number of carboxylic acids is 1. The van der Waals surface area contributed by atoms with Crippen molar-refractivity contribution in [3.63, 3.8) is 0 Å². The molecule has 5 amide bonds. The Balaban J connectivity index is 0.000000907. The molecule has 0 bridgehead atoms. The molecule has 0 aromatic heterocycles. The molecule has 0 spiro atoms. The lowest BCUT2D eigenvalue weighted by molar-refractivity contribution is -0.152. The number of likely N-dealkylation sites (tertiary alicyclic amines) is 3. The van der Waals surface area contributed by atoms with E-state index in [4.69, 9.17) is 28.0 Å². The first kappa shape index (κ1) is 61.7. The molecule has 0 aromatic carbocycles. The molecule has 3 heterocycles. The number of rotatable bonds is 27. The number of carbonyl (C=O) groups excluding carboxylic acids is 5. The Kier molecular flexibility index (Phi) is 39.9. The third-order valence-corrected chi connectivity index (χ3v) is 12.1. The molecule has 3 atom stereocenters. The predicted molar refractivity (Wildman–Crippen MR) is 263 cm³/mol. The first-order valence-electron chi connectivity index (χ1n) is 26.0. The van der Waals surface area contributed by atoms with Gasteiger partial charge in [0.25, 0.3) is 0 Å². The number of unbranched alkanes of at least 4 members (excludes halogenated alkanes) is 10. The summed E-state index contributed by atoms with van der Waals surface area (Å²) in [5.41, 5.74) is 21.0. The Hall–Kier alpha value is -3.34. The van der Waals surface area contributed by atoms with Crippen LogP contribution in [0.2, 0.25) is 0 Å².